The molecule has 0 unspecified atom stereocenters. The van der Waals surface area contributed by atoms with E-state index >= 15 is 0 Å². The van der Waals surface area contributed by atoms with Gasteiger partial charge in [-0.05, 0) is 39.3 Å². The summed E-state index contributed by atoms with van der Waals surface area (Å²) in [5.41, 5.74) is -0.0375. The van der Waals surface area contributed by atoms with Gasteiger partial charge in [0, 0.05) is 6.07 Å². The highest BCUT2D eigenvalue weighted by Gasteiger charge is 2.31. The van der Waals surface area contributed by atoms with E-state index in [0.717, 1.165) is 5.56 Å². The van der Waals surface area contributed by atoms with Crippen LogP contribution in [0.5, 0.6) is 5.75 Å². The van der Waals surface area contributed by atoms with Gasteiger partial charge < -0.3 is 14.6 Å². The van der Waals surface area contributed by atoms with E-state index in [-0.39, 0.29) is 5.91 Å². The van der Waals surface area contributed by atoms with Crippen molar-refractivity contribution in [2.45, 2.75) is 33.3 Å². The van der Waals surface area contributed by atoms with Crippen LogP contribution in [-0.2, 0) is 4.79 Å². The Hall–Kier alpha value is -2.30. The molecule has 2 rings (SSSR count). The van der Waals surface area contributed by atoms with Crippen molar-refractivity contribution < 1.29 is 14.1 Å². The van der Waals surface area contributed by atoms with E-state index in [9.17, 15) is 4.79 Å². The number of anilines is 1. The molecule has 0 bridgehead atoms. The van der Waals surface area contributed by atoms with E-state index in [4.69, 9.17) is 9.26 Å². The van der Waals surface area contributed by atoms with Gasteiger partial charge in [0.25, 0.3) is 5.91 Å². The van der Waals surface area contributed by atoms with E-state index in [1.165, 1.54) is 0 Å². The number of carbonyl (C=O) groups excluding carboxylic acids is 1. The lowest BCUT2D eigenvalue weighted by Crippen LogP contribution is -2.42. The van der Waals surface area contributed by atoms with Crippen LogP contribution in [0.25, 0.3) is 0 Å². The SMILES string of the molecule is Cc1cc(NC(=O)C(C)(C)Oc2ccccc2C)no1. The largest absolute Gasteiger partial charge is 0.478 e. The Morgan fingerprint density at radius 1 is 1.30 bits per heavy atom. The molecule has 1 aromatic heterocycles. The van der Waals surface area contributed by atoms with Crippen molar-refractivity contribution >= 4 is 11.7 Å². The minimum absolute atomic E-state index is 0.283. The second kappa shape index (κ2) is 5.36. The highest BCUT2D eigenvalue weighted by atomic mass is 16.5. The van der Waals surface area contributed by atoms with Crippen molar-refractivity contribution in [3.05, 3.63) is 41.7 Å². The summed E-state index contributed by atoms with van der Waals surface area (Å²) in [7, 11) is 0. The number of rotatable bonds is 4. The average Bonchev–Trinajstić information content (AvgIpc) is 2.77. The van der Waals surface area contributed by atoms with Gasteiger partial charge in [-0.25, -0.2) is 0 Å². The Morgan fingerprint density at radius 3 is 2.60 bits per heavy atom. The van der Waals surface area contributed by atoms with Gasteiger partial charge in [-0.1, -0.05) is 23.4 Å². The quantitative estimate of drug-likeness (QED) is 0.930. The van der Waals surface area contributed by atoms with Crippen molar-refractivity contribution in [2.24, 2.45) is 0 Å². The molecule has 0 aliphatic carbocycles. The van der Waals surface area contributed by atoms with Crippen LogP contribution in [0, 0.1) is 13.8 Å². The van der Waals surface area contributed by atoms with E-state index in [1.807, 2.05) is 31.2 Å². The molecule has 0 aliphatic rings. The van der Waals surface area contributed by atoms with Gasteiger partial charge in [0.2, 0.25) is 0 Å². The lowest BCUT2D eigenvalue weighted by Gasteiger charge is -2.25. The number of aromatic nitrogens is 1. The van der Waals surface area contributed by atoms with Gasteiger partial charge in [0.15, 0.2) is 11.4 Å². The fourth-order valence-electron chi connectivity index (χ4n) is 1.68. The summed E-state index contributed by atoms with van der Waals surface area (Å²) in [5, 5.41) is 6.41. The molecule has 106 valence electrons. The van der Waals surface area contributed by atoms with Gasteiger partial charge in [-0.3, -0.25) is 4.79 Å². The van der Waals surface area contributed by atoms with Crippen LogP contribution in [0.3, 0.4) is 0 Å². The van der Waals surface area contributed by atoms with Crippen LogP contribution in [-0.4, -0.2) is 16.7 Å². The van der Waals surface area contributed by atoms with Gasteiger partial charge in [0.05, 0.1) is 0 Å². The Kier molecular flexibility index (Phi) is 3.79. The second-order valence-corrected chi connectivity index (χ2v) is 5.15. The molecule has 0 aliphatic heterocycles. The molecule has 1 aromatic carbocycles. The number of hydrogen-bond donors (Lipinski definition) is 1. The maximum Gasteiger partial charge on any atom is 0.269 e. The molecule has 0 radical (unpaired) electrons. The predicted octanol–water partition coefficient (Wildman–Crippen LogP) is 3.09. The fourth-order valence-corrected chi connectivity index (χ4v) is 1.68. The van der Waals surface area contributed by atoms with Crippen molar-refractivity contribution in [3.8, 4) is 5.75 Å². The third-order valence-corrected chi connectivity index (χ3v) is 2.88. The highest BCUT2D eigenvalue weighted by Crippen LogP contribution is 2.23. The summed E-state index contributed by atoms with van der Waals surface area (Å²) in [6, 6.07) is 9.22. The number of hydrogen-bond acceptors (Lipinski definition) is 4. The monoisotopic (exact) mass is 274 g/mol. The number of ether oxygens (including phenoxy) is 1. The normalized spacial score (nSPS) is 11.2. The molecule has 0 fully saturated rings. The molecular weight excluding hydrogens is 256 g/mol. The van der Waals surface area contributed by atoms with E-state index in [1.54, 1.807) is 26.8 Å². The number of para-hydroxylation sites is 1. The first kappa shape index (κ1) is 14.1. The molecule has 0 saturated carbocycles. The zero-order valence-corrected chi connectivity index (χ0v) is 12.1. The maximum atomic E-state index is 12.2. The molecule has 20 heavy (non-hydrogen) atoms. The standard InChI is InChI=1S/C15H18N2O3/c1-10-7-5-6-8-12(10)19-15(3,4)14(18)16-13-9-11(2)20-17-13/h5-9H,1-4H3,(H,16,17,18). The summed E-state index contributed by atoms with van der Waals surface area (Å²) >= 11 is 0. The van der Waals surface area contributed by atoms with Gasteiger partial charge in [0.1, 0.15) is 11.5 Å². The van der Waals surface area contributed by atoms with Gasteiger partial charge >= 0.3 is 0 Å². The number of benzene rings is 1. The minimum atomic E-state index is -1.01. The summed E-state index contributed by atoms with van der Waals surface area (Å²) in [6.45, 7) is 7.12. The third kappa shape index (κ3) is 3.17. The molecule has 1 N–H and O–H groups in total. The zero-order valence-electron chi connectivity index (χ0n) is 12.1. The van der Waals surface area contributed by atoms with Crippen LogP contribution in [0.1, 0.15) is 25.2 Å². The third-order valence-electron chi connectivity index (χ3n) is 2.88. The summed E-state index contributed by atoms with van der Waals surface area (Å²) < 4.78 is 10.7. The Balaban J connectivity index is 2.09. The summed E-state index contributed by atoms with van der Waals surface area (Å²) in [5.74, 6) is 1.42. The average molecular weight is 274 g/mol. The zero-order chi connectivity index (χ0) is 14.8. The van der Waals surface area contributed by atoms with Crippen LogP contribution < -0.4 is 10.1 Å². The van der Waals surface area contributed by atoms with Crippen molar-refractivity contribution in [2.75, 3.05) is 5.32 Å². The first-order valence-corrected chi connectivity index (χ1v) is 6.38. The topological polar surface area (TPSA) is 64.4 Å². The molecular formula is C15H18N2O3. The lowest BCUT2D eigenvalue weighted by molar-refractivity contribution is -0.128. The molecule has 0 saturated heterocycles. The number of amides is 1. The Morgan fingerprint density at radius 2 is 2.00 bits per heavy atom. The fraction of sp³-hybridized carbons (Fsp3) is 0.333. The molecule has 1 amide bonds. The van der Waals surface area contributed by atoms with Crippen molar-refractivity contribution in [1.29, 1.82) is 0 Å². The molecule has 5 heteroatoms. The van der Waals surface area contributed by atoms with Crippen LogP contribution in [0.15, 0.2) is 34.9 Å². The van der Waals surface area contributed by atoms with Crippen LogP contribution in [0.4, 0.5) is 5.82 Å². The minimum Gasteiger partial charge on any atom is -0.478 e. The molecule has 1 heterocycles. The number of carbonyl (C=O) groups is 1. The second-order valence-electron chi connectivity index (χ2n) is 5.15. The highest BCUT2D eigenvalue weighted by molar-refractivity contribution is 5.96. The molecule has 5 nitrogen and oxygen atoms in total. The van der Waals surface area contributed by atoms with Crippen molar-refractivity contribution in [1.82, 2.24) is 5.16 Å². The van der Waals surface area contributed by atoms with Gasteiger partial charge in [-0.15, -0.1) is 0 Å². The lowest BCUT2D eigenvalue weighted by atomic mass is 10.1. The Labute approximate surface area is 117 Å². The van der Waals surface area contributed by atoms with Gasteiger partial charge in [-0.2, -0.15) is 0 Å². The molecule has 0 atom stereocenters. The first-order valence-electron chi connectivity index (χ1n) is 6.38. The number of nitrogens with zero attached hydrogens (tertiary/aromatic N) is 1. The van der Waals surface area contributed by atoms with E-state index < -0.39 is 5.60 Å². The molecule has 0 spiro atoms. The number of nitrogens with one attached hydrogen (secondary N) is 1. The smallest absolute Gasteiger partial charge is 0.269 e. The Bertz CT molecular complexity index is 617. The first-order chi connectivity index (χ1) is 9.38. The number of aryl methyl sites for hydroxylation is 2. The summed E-state index contributed by atoms with van der Waals surface area (Å²) in [4.78, 5) is 12.2. The van der Waals surface area contributed by atoms with Crippen LogP contribution >= 0.6 is 0 Å². The van der Waals surface area contributed by atoms with Crippen molar-refractivity contribution in [3.63, 3.8) is 0 Å². The molecule has 2 aromatic rings. The maximum absolute atomic E-state index is 12.2. The van der Waals surface area contributed by atoms with E-state index in [0.29, 0.717) is 17.3 Å². The van der Waals surface area contributed by atoms with Crippen LogP contribution in [0.2, 0.25) is 0 Å². The summed E-state index contributed by atoms with van der Waals surface area (Å²) in [6.07, 6.45) is 0. The van der Waals surface area contributed by atoms with E-state index in [2.05, 4.69) is 10.5 Å². The predicted molar refractivity (Wildman–Crippen MR) is 75.8 cm³/mol.